The number of nitrogens with one attached hydrogen (secondary N) is 1. The first-order valence-corrected chi connectivity index (χ1v) is 17.2. The Morgan fingerprint density at radius 3 is 2.71 bits per heavy atom. The van der Waals surface area contributed by atoms with Gasteiger partial charge in [0.1, 0.15) is 11.4 Å². The number of aromatic nitrogens is 2. The number of ether oxygens (including phenoxy) is 2. The topological polar surface area (TPSA) is 129 Å². The molecule has 0 fully saturated rings. The van der Waals surface area contributed by atoms with Gasteiger partial charge in [-0.2, -0.15) is 5.10 Å². The fraction of sp³-hybridized carbons (Fsp3) is 0.333. The first-order chi connectivity index (χ1) is 23.0. The summed E-state index contributed by atoms with van der Waals surface area (Å²) in [4.78, 5) is 40.7. The summed E-state index contributed by atoms with van der Waals surface area (Å²) in [5.41, 5.74) is 9.61. The van der Waals surface area contributed by atoms with Gasteiger partial charge in [0.25, 0.3) is 5.91 Å². The van der Waals surface area contributed by atoms with Crippen molar-refractivity contribution < 1.29 is 23.9 Å². The molecule has 0 spiro atoms. The maximum absolute atomic E-state index is 13.3. The number of nitrogens with two attached hydrogens (primary N) is 1. The van der Waals surface area contributed by atoms with Crippen molar-refractivity contribution in [1.29, 1.82) is 0 Å². The highest BCUT2D eigenvalue weighted by atomic mass is 35.5. The van der Waals surface area contributed by atoms with Crippen LogP contribution in [0.1, 0.15) is 48.2 Å². The Bertz CT molecular complexity index is 1790. The molecule has 1 aliphatic heterocycles. The molecule has 0 saturated carbocycles. The van der Waals surface area contributed by atoms with E-state index in [9.17, 15) is 14.4 Å². The van der Waals surface area contributed by atoms with Gasteiger partial charge in [-0.1, -0.05) is 41.9 Å². The van der Waals surface area contributed by atoms with E-state index in [2.05, 4.69) is 16.5 Å². The number of halogens is 1. The number of hydrogen-bond donors (Lipinski definition) is 2. The van der Waals surface area contributed by atoms with Crippen molar-refractivity contribution in [2.75, 3.05) is 36.9 Å². The van der Waals surface area contributed by atoms with Crippen molar-refractivity contribution in [3.8, 4) is 16.9 Å². The molecule has 5 rings (SSSR count). The van der Waals surface area contributed by atoms with E-state index in [1.807, 2.05) is 77.4 Å². The number of esters is 1. The lowest BCUT2D eigenvalue weighted by molar-refractivity contribution is -0.154. The van der Waals surface area contributed by atoms with Crippen LogP contribution in [0.4, 0.5) is 5.69 Å². The molecule has 4 aromatic rings. The van der Waals surface area contributed by atoms with E-state index in [1.165, 1.54) is 0 Å². The van der Waals surface area contributed by atoms with Crippen LogP contribution in [0.25, 0.3) is 11.1 Å². The molecule has 3 N–H and O–H groups in total. The highest BCUT2D eigenvalue weighted by Crippen LogP contribution is 2.42. The van der Waals surface area contributed by atoms with Crippen LogP contribution in [0, 0.1) is 6.92 Å². The maximum atomic E-state index is 13.3. The van der Waals surface area contributed by atoms with Crippen LogP contribution in [-0.2, 0) is 20.9 Å². The van der Waals surface area contributed by atoms with Gasteiger partial charge in [-0.3, -0.25) is 19.1 Å². The molecule has 252 valence electrons. The number of fused-ring (bicyclic) bond motifs is 1. The molecule has 2 heterocycles. The standard InChI is InChI=1S/C36H40ClN5O5S/c1-24-29(37)11-6-13-31(24)46-16-7-14-32(43)42-15-17-48-34-28(10-5-12-30(34)42)27-20-40-41(22-27)21-25-8-4-9-26(18-25)35(45)39-23-36(2,3)47-33(44)19-38/h4-6,8-13,18,20,22H,7,14-17,19,21,23,38H2,1-3H3,(H,39,45). The van der Waals surface area contributed by atoms with Gasteiger partial charge in [0, 0.05) is 57.1 Å². The molecule has 10 nitrogen and oxygen atoms in total. The summed E-state index contributed by atoms with van der Waals surface area (Å²) in [7, 11) is 0. The van der Waals surface area contributed by atoms with Crippen LogP contribution in [0.3, 0.4) is 0 Å². The van der Waals surface area contributed by atoms with Gasteiger partial charge in [0.05, 0.1) is 38.1 Å². The third kappa shape index (κ3) is 8.77. The van der Waals surface area contributed by atoms with E-state index in [0.717, 1.165) is 44.3 Å². The van der Waals surface area contributed by atoms with E-state index in [0.29, 0.717) is 43.1 Å². The average Bonchev–Trinajstić information content (AvgIpc) is 3.54. The summed E-state index contributed by atoms with van der Waals surface area (Å²) >= 11 is 7.94. The minimum absolute atomic E-state index is 0.0693. The van der Waals surface area contributed by atoms with Crippen LogP contribution < -0.4 is 20.7 Å². The van der Waals surface area contributed by atoms with Crippen LogP contribution in [0.15, 0.2) is 78.0 Å². The Morgan fingerprint density at radius 2 is 1.90 bits per heavy atom. The number of amides is 2. The summed E-state index contributed by atoms with van der Waals surface area (Å²) in [6.07, 6.45) is 4.78. The van der Waals surface area contributed by atoms with Gasteiger partial charge in [-0.25, -0.2) is 0 Å². The Kier molecular flexibility index (Phi) is 11.5. The van der Waals surface area contributed by atoms with Gasteiger partial charge in [-0.15, -0.1) is 11.8 Å². The van der Waals surface area contributed by atoms with Crippen LogP contribution in [-0.4, -0.2) is 65.2 Å². The van der Waals surface area contributed by atoms with Crippen molar-refractivity contribution in [2.24, 2.45) is 5.73 Å². The SMILES string of the molecule is Cc1c(Cl)cccc1OCCCC(=O)N1CCSc2c(-c3cnn(Cc4cccc(C(=O)NCC(C)(C)OC(=O)CN)c4)c3)cccc21. The maximum Gasteiger partial charge on any atom is 0.320 e. The van der Waals surface area contributed by atoms with Crippen LogP contribution in [0.5, 0.6) is 5.75 Å². The largest absolute Gasteiger partial charge is 0.493 e. The Balaban J connectivity index is 1.21. The Labute approximate surface area is 289 Å². The average molecular weight is 690 g/mol. The molecule has 0 radical (unpaired) electrons. The monoisotopic (exact) mass is 689 g/mol. The van der Waals surface area contributed by atoms with Gasteiger partial charge >= 0.3 is 5.97 Å². The molecule has 48 heavy (non-hydrogen) atoms. The summed E-state index contributed by atoms with van der Waals surface area (Å²) in [6.45, 7) is 6.81. The minimum Gasteiger partial charge on any atom is -0.493 e. The van der Waals surface area contributed by atoms with Gasteiger partial charge in [-0.05, 0) is 63.1 Å². The quantitative estimate of drug-likeness (QED) is 0.132. The molecule has 3 aromatic carbocycles. The molecule has 1 aliphatic rings. The number of anilines is 1. The van der Waals surface area contributed by atoms with E-state index >= 15 is 0 Å². The van der Waals surface area contributed by atoms with E-state index in [-0.39, 0.29) is 24.9 Å². The smallest absolute Gasteiger partial charge is 0.320 e. The third-order valence-corrected chi connectivity index (χ3v) is 9.38. The van der Waals surface area contributed by atoms with Crippen molar-refractivity contribution in [3.05, 3.63) is 94.8 Å². The minimum atomic E-state index is -0.888. The molecular weight excluding hydrogens is 650 g/mol. The number of carbonyl (C=O) groups is 3. The van der Waals surface area contributed by atoms with Crippen molar-refractivity contribution in [3.63, 3.8) is 0 Å². The van der Waals surface area contributed by atoms with Crippen molar-refractivity contribution in [2.45, 2.75) is 50.7 Å². The van der Waals surface area contributed by atoms with E-state index in [1.54, 1.807) is 31.7 Å². The normalized spacial score (nSPS) is 12.7. The molecule has 0 bridgehead atoms. The fourth-order valence-electron chi connectivity index (χ4n) is 5.39. The van der Waals surface area contributed by atoms with E-state index < -0.39 is 11.6 Å². The summed E-state index contributed by atoms with van der Waals surface area (Å²) in [5, 5.41) is 8.09. The number of thioether (sulfide) groups is 1. The zero-order valence-electron chi connectivity index (χ0n) is 27.3. The predicted octanol–water partition coefficient (Wildman–Crippen LogP) is 5.87. The zero-order valence-corrected chi connectivity index (χ0v) is 28.9. The lowest BCUT2D eigenvalue weighted by Gasteiger charge is -2.30. The number of nitrogens with zero attached hydrogens (tertiary/aromatic N) is 3. The first kappa shape index (κ1) is 35.0. The van der Waals surface area contributed by atoms with E-state index in [4.69, 9.17) is 26.8 Å². The molecule has 0 atom stereocenters. The molecule has 0 aliphatic carbocycles. The molecule has 0 saturated heterocycles. The second-order valence-electron chi connectivity index (χ2n) is 12.1. The highest BCUT2D eigenvalue weighted by Gasteiger charge is 2.26. The second-order valence-corrected chi connectivity index (χ2v) is 13.6. The fourth-order valence-corrected chi connectivity index (χ4v) is 6.70. The molecular formula is C36H40ClN5O5S. The van der Waals surface area contributed by atoms with Gasteiger partial charge < -0.3 is 25.4 Å². The number of hydrogen-bond acceptors (Lipinski definition) is 8. The number of rotatable bonds is 13. The van der Waals surface area contributed by atoms with Crippen LogP contribution >= 0.6 is 23.4 Å². The summed E-state index contributed by atoms with van der Waals surface area (Å²) in [6, 6.07) is 18.9. The lowest BCUT2D eigenvalue weighted by atomic mass is 10.1. The third-order valence-electron chi connectivity index (χ3n) is 7.87. The van der Waals surface area contributed by atoms with Gasteiger partial charge in [0.15, 0.2) is 0 Å². The zero-order chi connectivity index (χ0) is 34.3. The van der Waals surface area contributed by atoms with Gasteiger partial charge in [0.2, 0.25) is 5.91 Å². The van der Waals surface area contributed by atoms with Crippen molar-refractivity contribution in [1.82, 2.24) is 15.1 Å². The molecule has 2 amide bonds. The number of carbonyl (C=O) groups excluding carboxylic acids is 3. The predicted molar refractivity (Wildman–Crippen MR) is 189 cm³/mol. The Morgan fingerprint density at radius 1 is 1.10 bits per heavy atom. The highest BCUT2D eigenvalue weighted by molar-refractivity contribution is 7.99. The molecule has 1 aromatic heterocycles. The first-order valence-electron chi connectivity index (χ1n) is 15.8. The molecule has 12 heteroatoms. The molecule has 0 unspecified atom stereocenters. The van der Waals surface area contributed by atoms with Crippen LogP contribution in [0.2, 0.25) is 5.02 Å². The lowest BCUT2D eigenvalue weighted by Crippen LogP contribution is -2.42. The summed E-state index contributed by atoms with van der Waals surface area (Å²) < 4.78 is 13.0. The van der Waals surface area contributed by atoms with Crippen molar-refractivity contribution >= 4 is 46.8 Å². The Hall–Kier alpha value is -4.32. The number of benzene rings is 3. The second kappa shape index (κ2) is 15.7. The summed E-state index contributed by atoms with van der Waals surface area (Å²) in [5.74, 6) is 0.800.